The Hall–Kier alpha value is -0.920. The fourth-order valence-corrected chi connectivity index (χ4v) is 10.8. The van der Waals surface area contributed by atoms with Crippen molar-refractivity contribution >= 4 is 13.8 Å². The first-order valence-corrected chi connectivity index (χ1v) is 32.0. The normalized spacial score (nSPS) is 20.6. The third-order valence-corrected chi connectivity index (χ3v) is 15.6. The summed E-state index contributed by atoms with van der Waals surface area (Å²) in [5, 5.41) is 50.5. The van der Waals surface area contributed by atoms with Crippen molar-refractivity contribution in [3.05, 3.63) is 12.2 Å². The van der Waals surface area contributed by atoms with Crippen LogP contribution in [0.25, 0.3) is 0 Å². The number of esters is 1. The maximum atomic E-state index is 12.9. The van der Waals surface area contributed by atoms with Gasteiger partial charge in [-0.1, -0.05) is 264 Å². The van der Waals surface area contributed by atoms with Crippen molar-refractivity contribution in [1.29, 1.82) is 0 Å². The van der Waals surface area contributed by atoms with E-state index >= 15 is 0 Å². The molecule has 6 atom stereocenters. The van der Waals surface area contributed by atoms with Crippen LogP contribution in [0.1, 0.15) is 296 Å². The largest absolute Gasteiger partial charge is 0.472 e. The molecule has 1 saturated carbocycles. The Labute approximate surface area is 441 Å². The number of aliphatic hydroxyl groups excluding tert-OH is 5. The van der Waals surface area contributed by atoms with Crippen LogP contribution in [0.2, 0.25) is 0 Å². The number of unbranched alkanes of at least 4 members (excludes halogenated alkanes) is 40. The Bertz CT molecular complexity index is 1240. The second-order valence-electron chi connectivity index (χ2n) is 21.6. The number of rotatable bonds is 54. The maximum absolute atomic E-state index is 12.9. The number of hydrogen-bond acceptors (Lipinski definition) is 11. The molecule has 1 aliphatic carbocycles. The van der Waals surface area contributed by atoms with Crippen LogP contribution in [0.15, 0.2) is 12.2 Å². The van der Waals surface area contributed by atoms with Crippen LogP contribution in [-0.2, 0) is 27.9 Å². The van der Waals surface area contributed by atoms with Crippen LogP contribution in [0.3, 0.4) is 0 Å². The summed E-state index contributed by atoms with van der Waals surface area (Å²) in [7, 11) is -5.02. The Morgan fingerprint density at radius 1 is 0.431 bits per heavy atom. The van der Waals surface area contributed by atoms with E-state index in [1.54, 1.807) is 0 Å². The van der Waals surface area contributed by atoms with E-state index < -0.39 is 63.1 Å². The lowest BCUT2D eigenvalue weighted by Gasteiger charge is -2.41. The van der Waals surface area contributed by atoms with Crippen LogP contribution in [0, 0.1) is 0 Å². The molecule has 0 spiro atoms. The molecule has 1 fully saturated rings. The molecule has 0 radical (unpaired) electrons. The highest BCUT2D eigenvalue weighted by Crippen LogP contribution is 2.47. The number of allylic oxidation sites excluding steroid dienone is 2. The molecule has 0 bridgehead atoms. The molecule has 1 aliphatic rings. The highest BCUT2D eigenvalue weighted by atomic mass is 31.2. The summed E-state index contributed by atoms with van der Waals surface area (Å²) in [5.74, 6) is -0.469. The number of phosphoric ester groups is 1. The molecule has 0 aromatic carbocycles. The van der Waals surface area contributed by atoms with E-state index in [1.165, 1.54) is 231 Å². The highest BCUT2D eigenvalue weighted by Gasteiger charge is 2.51. The molecule has 0 aromatic rings. The van der Waals surface area contributed by atoms with E-state index in [9.17, 15) is 39.8 Å². The molecule has 6 unspecified atom stereocenters. The number of carbonyl (C=O) groups is 1. The number of phosphoric acid groups is 1. The Morgan fingerprint density at radius 2 is 0.736 bits per heavy atom. The summed E-state index contributed by atoms with van der Waals surface area (Å²) in [6.45, 7) is 4.33. The lowest BCUT2D eigenvalue weighted by atomic mass is 9.85. The summed E-state index contributed by atoms with van der Waals surface area (Å²) in [5.41, 5.74) is 0. The van der Waals surface area contributed by atoms with Crippen molar-refractivity contribution in [3.8, 4) is 0 Å². The van der Waals surface area contributed by atoms with Crippen molar-refractivity contribution in [3.63, 3.8) is 0 Å². The van der Waals surface area contributed by atoms with Gasteiger partial charge in [0.1, 0.15) is 42.7 Å². The van der Waals surface area contributed by atoms with Crippen molar-refractivity contribution in [2.24, 2.45) is 0 Å². The summed E-state index contributed by atoms with van der Waals surface area (Å²) >= 11 is 0. The molecule has 0 saturated heterocycles. The number of ether oxygens (including phenoxy) is 2. The van der Waals surface area contributed by atoms with Crippen molar-refractivity contribution in [2.45, 2.75) is 339 Å². The molecule has 428 valence electrons. The van der Waals surface area contributed by atoms with Gasteiger partial charge in [0.2, 0.25) is 0 Å². The Kier molecular flexibility index (Phi) is 47.6. The van der Waals surface area contributed by atoms with Crippen LogP contribution in [0.5, 0.6) is 0 Å². The van der Waals surface area contributed by atoms with E-state index in [1.807, 2.05) is 0 Å². The van der Waals surface area contributed by atoms with Gasteiger partial charge < -0.3 is 39.9 Å². The van der Waals surface area contributed by atoms with E-state index in [-0.39, 0.29) is 13.0 Å². The number of hydrogen-bond donors (Lipinski definition) is 6. The van der Waals surface area contributed by atoms with Crippen LogP contribution < -0.4 is 0 Å². The predicted octanol–water partition coefficient (Wildman–Crippen LogP) is 15.0. The maximum Gasteiger partial charge on any atom is 0.472 e. The van der Waals surface area contributed by atoms with Gasteiger partial charge in [0, 0.05) is 13.0 Å². The lowest BCUT2D eigenvalue weighted by molar-refractivity contribution is -0.220. The van der Waals surface area contributed by atoms with E-state index in [2.05, 4.69) is 26.0 Å². The number of carbonyl (C=O) groups excluding carboxylic acids is 1. The third-order valence-electron chi connectivity index (χ3n) is 14.6. The molecule has 0 aromatic heterocycles. The van der Waals surface area contributed by atoms with Gasteiger partial charge in [0.15, 0.2) is 0 Å². The summed E-state index contributed by atoms with van der Waals surface area (Å²) in [6, 6.07) is 0. The average molecular weight is 1050 g/mol. The van der Waals surface area contributed by atoms with Gasteiger partial charge >= 0.3 is 13.8 Å². The minimum absolute atomic E-state index is 0.0709. The molecule has 0 amide bonds. The van der Waals surface area contributed by atoms with Crippen molar-refractivity contribution in [2.75, 3.05) is 19.8 Å². The highest BCUT2D eigenvalue weighted by molar-refractivity contribution is 7.47. The molecule has 72 heavy (non-hydrogen) atoms. The van der Waals surface area contributed by atoms with Crippen LogP contribution >= 0.6 is 7.82 Å². The predicted molar refractivity (Wildman–Crippen MR) is 295 cm³/mol. The molecule has 12 nitrogen and oxygen atoms in total. The SMILES string of the molecule is CCCCCCCCCC/C=C\CCCCCCCCCCCCOCC(COP(=O)(O)OC1C(O)C(O)C(O)C(O)C1O)OC(=O)CCCCCCCCCCCCCCCCCCCCCCCCC. The Balaban J connectivity index is 2.24. The standard InChI is InChI=1S/C59H115O12P/c1-3-5-7-9-11-13-15-17-19-21-23-25-27-28-30-32-34-36-38-40-42-44-46-48-53(60)70-52(51-69-72(66,67)71-59-57(64)55(62)54(61)56(63)58(59)65)50-68-49-47-45-43-41-39-37-35-33-31-29-26-24-22-20-18-16-14-12-10-8-6-4-2/h22,24,52,54-59,61-65H,3-21,23,25-51H2,1-2H3,(H,66,67)/b24-22-. The monoisotopic (exact) mass is 1050 g/mol. The molecule has 0 aliphatic heterocycles. The molecule has 13 heteroatoms. The summed E-state index contributed by atoms with van der Waals surface area (Å²) in [4.78, 5) is 23.4. The first-order chi connectivity index (χ1) is 35.0. The van der Waals surface area contributed by atoms with Gasteiger partial charge in [-0.25, -0.2) is 4.57 Å². The van der Waals surface area contributed by atoms with E-state index in [0.29, 0.717) is 13.0 Å². The van der Waals surface area contributed by atoms with Gasteiger partial charge in [-0.3, -0.25) is 13.8 Å². The van der Waals surface area contributed by atoms with Crippen LogP contribution in [-0.4, -0.2) is 98.9 Å². The van der Waals surface area contributed by atoms with Crippen molar-refractivity contribution in [1.82, 2.24) is 0 Å². The second-order valence-corrected chi connectivity index (χ2v) is 23.0. The third kappa shape index (κ3) is 40.3. The van der Waals surface area contributed by atoms with Gasteiger partial charge in [-0.2, -0.15) is 0 Å². The summed E-state index contributed by atoms with van der Waals surface area (Å²) < 4.78 is 34.5. The average Bonchev–Trinajstić information content (AvgIpc) is 3.37. The smallest absolute Gasteiger partial charge is 0.457 e. The zero-order valence-electron chi connectivity index (χ0n) is 46.5. The first-order valence-electron chi connectivity index (χ1n) is 30.5. The van der Waals surface area contributed by atoms with Crippen molar-refractivity contribution < 1.29 is 58.3 Å². The fourth-order valence-electron chi connectivity index (χ4n) is 9.83. The topological polar surface area (TPSA) is 192 Å². The quantitative estimate of drug-likeness (QED) is 0.0146. The number of aliphatic hydroxyl groups is 5. The fraction of sp³-hybridized carbons (Fsp3) is 0.949. The molecular weight excluding hydrogens is 932 g/mol. The van der Waals surface area contributed by atoms with Gasteiger partial charge in [-0.15, -0.1) is 0 Å². The molecule has 0 heterocycles. The van der Waals surface area contributed by atoms with Crippen LogP contribution in [0.4, 0.5) is 0 Å². The minimum Gasteiger partial charge on any atom is -0.457 e. The molecule has 6 N–H and O–H groups in total. The molecule has 1 rings (SSSR count). The zero-order valence-corrected chi connectivity index (χ0v) is 47.4. The van der Waals surface area contributed by atoms with E-state index in [4.69, 9.17) is 18.5 Å². The molecular formula is C59H115O12P. The van der Waals surface area contributed by atoms with Gasteiger partial charge in [0.05, 0.1) is 13.2 Å². The minimum atomic E-state index is -5.02. The zero-order chi connectivity index (χ0) is 52.6. The van der Waals surface area contributed by atoms with Gasteiger partial charge in [-0.05, 0) is 38.5 Å². The lowest BCUT2D eigenvalue weighted by Crippen LogP contribution is -2.64. The second kappa shape index (κ2) is 49.6. The first kappa shape index (κ1) is 69.1. The summed E-state index contributed by atoms with van der Waals surface area (Å²) in [6.07, 6.45) is 47.2. The van der Waals surface area contributed by atoms with Gasteiger partial charge in [0.25, 0.3) is 0 Å². The van der Waals surface area contributed by atoms with E-state index in [0.717, 1.165) is 38.5 Å². The Morgan fingerprint density at radius 3 is 1.10 bits per heavy atom.